The molecular formula is C30H30N2O2S. The molecule has 4 rings (SSSR count). The van der Waals surface area contributed by atoms with Crippen molar-refractivity contribution in [2.24, 2.45) is 5.41 Å². The number of carbonyl (C=O) groups is 1. The Bertz CT molecular complexity index is 1190. The number of anilines is 1. The van der Waals surface area contributed by atoms with E-state index in [1.807, 2.05) is 60.0 Å². The van der Waals surface area contributed by atoms with Gasteiger partial charge in [0.05, 0.1) is 11.3 Å². The Morgan fingerprint density at radius 2 is 1.31 bits per heavy atom. The van der Waals surface area contributed by atoms with Crippen LogP contribution < -0.4 is 5.32 Å². The fourth-order valence-corrected chi connectivity index (χ4v) is 4.87. The van der Waals surface area contributed by atoms with Gasteiger partial charge < -0.3 is 10.4 Å². The molecule has 0 radical (unpaired) electrons. The van der Waals surface area contributed by atoms with Gasteiger partial charge in [-0.05, 0) is 28.5 Å². The molecule has 1 aromatic heterocycles. The maximum atomic E-state index is 12.1. The minimum absolute atomic E-state index is 0.0130. The quantitative estimate of drug-likeness (QED) is 0.202. The van der Waals surface area contributed by atoms with E-state index in [2.05, 4.69) is 62.5 Å². The molecule has 0 spiro atoms. The van der Waals surface area contributed by atoms with E-state index < -0.39 is 11.5 Å². The maximum absolute atomic E-state index is 12.1. The number of carboxylic acids is 1. The van der Waals surface area contributed by atoms with Gasteiger partial charge in [0, 0.05) is 5.38 Å². The lowest BCUT2D eigenvalue weighted by Gasteiger charge is -2.36. The fraction of sp³-hybridized carbons (Fsp3) is 0.200. The molecule has 1 heterocycles. The number of hydrogen-bond acceptors (Lipinski definition) is 4. The Morgan fingerprint density at radius 3 is 1.71 bits per heavy atom. The minimum atomic E-state index is -0.966. The van der Waals surface area contributed by atoms with Crippen LogP contribution in [0, 0.1) is 5.41 Å². The lowest BCUT2D eigenvalue weighted by molar-refractivity contribution is -0.130. The van der Waals surface area contributed by atoms with Crippen LogP contribution in [-0.4, -0.2) is 16.1 Å². The van der Waals surface area contributed by atoms with Gasteiger partial charge in [-0.2, -0.15) is 0 Å². The molecule has 0 atom stereocenters. The van der Waals surface area contributed by atoms with Crippen LogP contribution >= 0.6 is 11.3 Å². The van der Waals surface area contributed by atoms with Gasteiger partial charge in [0.15, 0.2) is 5.13 Å². The number of nitrogens with one attached hydrogen (secondary N) is 1. The van der Waals surface area contributed by atoms with Crippen LogP contribution in [0.15, 0.2) is 102 Å². The zero-order chi connectivity index (χ0) is 24.9. The van der Waals surface area contributed by atoms with E-state index in [-0.39, 0.29) is 11.0 Å². The zero-order valence-electron chi connectivity index (χ0n) is 20.2. The maximum Gasteiger partial charge on any atom is 0.337 e. The number of aliphatic carboxylic acids is 1. The highest BCUT2D eigenvalue weighted by Gasteiger charge is 2.37. The van der Waals surface area contributed by atoms with Gasteiger partial charge in [-0.1, -0.05) is 118 Å². The SMILES string of the molecule is CC(C)(C)CC=C(C(=O)O)c1csc(NC(c2ccccc2)(c2ccccc2)c2ccccc2)n1. The van der Waals surface area contributed by atoms with Crippen molar-refractivity contribution in [1.82, 2.24) is 4.98 Å². The third-order valence-corrected chi connectivity index (χ3v) is 6.60. The number of nitrogens with zero attached hydrogens (tertiary/aromatic N) is 1. The molecule has 5 heteroatoms. The summed E-state index contributed by atoms with van der Waals surface area (Å²) in [4.78, 5) is 16.8. The van der Waals surface area contributed by atoms with E-state index in [9.17, 15) is 9.90 Å². The Morgan fingerprint density at radius 1 is 0.857 bits per heavy atom. The highest BCUT2D eigenvalue weighted by atomic mass is 32.1. The summed E-state index contributed by atoms with van der Waals surface area (Å²) < 4.78 is 0. The molecule has 0 aliphatic carbocycles. The Balaban J connectivity index is 1.84. The Kier molecular flexibility index (Phi) is 7.17. The summed E-state index contributed by atoms with van der Waals surface area (Å²) in [7, 11) is 0. The van der Waals surface area contributed by atoms with Crippen molar-refractivity contribution >= 4 is 28.0 Å². The van der Waals surface area contributed by atoms with Crippen LogP contribution in [0.4, 0.5) is 5.13 Å². The predicted molar refractivity (Wildman–Crippen MR) is 145 cm³/mol. The molecule has 35 heavy (non-hydrogen) atoms. The molecule has 3 aromatic carbocycles. The molecule has 0 unspecified atom stereocenters. The van der Waals surface area contributed by atoms with E-state index in [4.69, 9.17) is 4.98 Å². The number of allylic oxidation sites excluding steroid dienone is 1. The summed E-state index contributed by atoms with van der Waals surface area (Å²) in [5.41, 5.74) is 3.17. The zero-order valence-corrected chi connectivity index (χ0v) is 21.0. The van der Waals surface area contributed by atoms with Gasteiger partial charge in [-0.15, -0.1) is 11.3 Å². The van der Waals surface area contributed by atoms with Crippen molar-refractivity contribution in [1.29, 1.82) is 0 Å². The molecule has 0 saturated carbocycles. The lowest BCUT2D eigenvalue weighted by Crippen LogP contribution is -2.38. The molecule has 0 aliphatic heterocycles. The van der Waals surface area contributed by atoms with Crippen molar-refractivity contribution in [3.63, 3.8) is 0 Å². The largest absolute Gasteiger partial charge is 0.478 e. The summed E-state index contributed by atoms with van der Waals surface area (Å²) >= 11 is 1.41. The molecule has 0 fully saturated rings. The van der Waals surface area contributed by atoms with Crippen LogP contribution in [0.2, 0.25) is 0 Å². The average molecular weight is 483 g/mol. The Hall–Kier alpha value is -3.70. The third-order valence-electron chi connectivity index (χ3n) is 5.84. The number of carboxylic acid groups (broad SMARTS) is 1. The molecule has 178 valence electrons. The minimum Gasteiger partial charge on any atom is -0.478 e. The van der Waals surface area contributed by atoms with Crippen LogP contribution in [0.3, 0.4) is 0 Å². The van der Waals surface area contributed by atoms with Gasteiger partial charge in [0.2, 0.25) is 0 Å². The Labute approximate surface area is 211 Å². The number of hydrogen-bond donors (Lipinski definition) is 2. The van der Waals surface area contributed by atoms with E-state index >= 15 is 0 Å². The van der Waals surface area contributed by atoms with Gasteiger partial charge in [-0.3, -0.25) is 0 Å². The molecule has 0 amide bonds. The molecule has 4 nitrogen and oxygen atoms in total. The normalized spacial score (nSPS) is 12.4. The van der Waals surface area contributed by atoms with Crippen molar-refractivity contribution in [2.45, 2.75) is 32.7 Å². The van der Waals surface area contributed by atoms with Gasteiger partial charge >= 0.3 is 5.97 Å². The smallest absolute Gasteiger partial charge is 0.337 e. The molecule has 0 saturated heterocycles. The van der Waals surface area contributed by atoms with Crippen molar-refractivity contribution in [2.75, 3.05) is 5.32 Å². The molecular weight excluding hydrogens is 452 g/mol. The van der Waals surface area contributed by atoms with Crippen LogP contribution in [-0.2, 0) is 10.3 Å². The van der Waals surface area contributed by atoms with Crippen molar-refractivity contribution < 1.29 is 9.90 Å². The molecule has 0 bridgehead atoms. The lowest BCUT2D eigenvalue weighted by atomic mass is 9.77. The predicted octanol–water partition coefficient (Wildman–Crippen LogP) is 7.45. The van der Waals surface area contributed by atoms with Crippen molar-refractivity contribution in [3.8, 4) is 0 Å². The van der Waals surface area contributed by atoms with Gasteiger partial charge in [-0.25, -0.2) is 9.78 Å². The molecule has 4 aromatic rings. The second-order valence-corrected chi connectivity index (χ2v) is 10.6. The second-order valence-electron chi connectivity index (χ2n) is 9.70. The number of benzene rings is 3. The van der Waals surface area contributed by atoms with Gasteiger partial charge in [0.1, 0.15) is 5.54 Å². The van der Waals surface area contributed by atoms with Gasteiger partial charge in [0.25, 0.3) is 0 Å². The van der Waals surface area contributed by atoms with E-state index in [1.165, 1.54) is 11.3 Å². The first-order valence-corrected chi connectivity index (χ1v) is 12.5. The molecule has 0 aliphatic rings. The van der Waals surface area contributed by atoms with E-state index in [0.29, 0.717) is 17.2 Å². The monoisotopic (exact) mass is 482 g/mol. The summed E-state index contributed by atoms with van der Waals surface area (Å²) in [5, 5.41) is 16.1. The average Bonchev–Trinajstić information content (AvgIpc) is 3.31. The summed E-state index contributed by atoms with van der Waals surface area (Å²) in [6, 6.07) is 30.8. The highest BCUT2D eigenvalue weighted by Crippen LogP contribution is 2.41. The molecule has 2 N–H and O–H groups in total. The first-order valence-electron chi connectivity index (χ1n) is 11.6. The fourth-order valence-electron chi connectivity index (χ4n) is 4.11. The number of aromatic nitrogens is 1. The first kappa shape index (κ1) is 24.4. The van der Waals surface area contributed by atoms with Crippen molar-refractivity contribution in [3.05, 3.63) is 125 Å². The van der Waals surface area contributed by atoms with Crippen LogP contribution in [0.25, 0.3) is 5.57 Å². The topological polar surface area (TPSA) is 62.2 Å². The van der Waals surface area contributed by atoms with Crippen LogP contribution in [0.1, 0.15) is 49.6 Å². The third kappa shape index (κ3) is 5.52. The number of thiazole rings is 1. The summed E-state index contributed by atoms with van der Waals surface area (Å²) in [6.45, 7) is 6.26. The second kappa shape index (κ2) is 10.3. The van der Waals surface area contributed by atoms with Crippen LogP contribution in [0.5, 0.6) is 0 Å². The summed E-state index contributed by atoms with van der Waals surface area (Å²) in [6.07, 6.45) is 2.43. The highest BCUT2D eigenvalue weighted by molar-refractivity contribution is 7.13. The number of rotatable bonds is 8. The van der Waals surface area contributed by atoms with E-state index in [0.717, 1.165) is 16.7 Å². The standard InChI is InChI=1S/C30H30N2O2S/c1-29(2,3)20-19-25(27(33)34)26-21-35-28(31-26)32-30(22-13-7-4-8-14-22,23-15-9-5-10-16-23)24-17-11-6-12-18-24/h4-19,21H,20H2,1-3H3,(H,31,32)(H,33,34). The van der Waals surface area contributed by atoms with E-state index in [1.54, 1.807) is 6.08 Å². The summed E-state index contributed by atoms with van der Waals surface area (Å²) in [5.74, 6) is -0.966. The first-order chi connectivity index (χ1) is 16.8.